The number of hydrogen-bond donors (Lipinski definition) is 1. The Balaban J connectivity index is 2.93. The summed E-state index contributed by atoms with van der Waals surface area (Å²) < 4.78 is 12.2. The van der Waals surface area contributed by atoms with Gasteiger partial charge in [0.15, 0.2) is 0 Å². The van der Waals surface area contributed by atoms with Gasteiger partial charge in [0, 0.05) is 6.54 Å². The number of alkyl halides is 1. The highest BCUT2D eigenvalue weighted by atomic mass is 19.1. The van der Waals surface area contributed by atoms with E-state index in [9.17, 15) is 14.0 Å². The van der Waals surface area contributed by atoms with Crippen LogP contribution in [0.25, 0.3) is 0 Å². The Morgan fingerprint density at radius 2 is 2.00 bits per heavy atom. The van der Waals surface area contributed by atoms with Crippen molar-refractivity contribution in [2.75, 3.05) is 19.8 Å². The van der Waals surface area contributed by atoms with E-state index in [1.807, 2.05) is 13.8 Å². The van der Waals surface area contributed by atoms with E-state index in [0.29, 0.717) is 25.8 Å². The first kappa shape index (κ1) is 12.9. The van der Waals surface area contributed by atoms with Gasteiger partial charge in [0.1, 0.15) is 5.54 Å². The lowest BCUT2D eigenvalue weighted by atomic mass is 9.87. The van der Waals surface area contributed by atoms with Gasteiger partial charge in [-0.05, 0) is 19.3 Å². The molecule has 2 amide bonds. The van der Waals surface area contributed by atoms with Gasteiger partial charge in [0.2, 0.25) is 11.8 Å². The summed E-state index contributed by atoms with van der Waals surface area (Å²) in [5, 5.41) is 2.61. The number of halogens is 1. The molecule has 1 aliphatic rings. The third-order valence-corrected chi connectivity index (χ3v) is 3.33. The average molecular weight is 230 g/mol. The lowest BCUT2D eigenvalue weighted by molar-refractivity contribution is -0.154. The van der Waals surface area contributed by atoms with Crippen LogP contribution in [-0.4, -0.2) is 42.0 Å². The molecule has 1 aliphatic heterocycles. The number of amides is 2. The number of nitrogens with zero attached hydrogens (tertiary/aromatic N) is 1. The van der Waals surface area contributed by atoms with Gasteiger partial charge in [-0.3, -0.25) is 14.0 Å². The molecule has 5 heteroatoms. The molecule has 92 valence electrons. The maximum absolute atomic E-state index is 12.2. The van der Waals surface area contributed by atoms with Gasteiger partial charge in [0.25, 0.3) is 0 Å². The first-order valence-electron chi connectivity index (χ1n) is 5.77. The van der Waals surface area contributed by atoms with Crippen LogP contribution in [0.3, 0.4) is 0 Å². The second-order valence-electron chi connectivity index (χ2n) is 4.01. The predicted octanol–water partition coefficient (Wildman–Crippen LogP) is 0.863. The fourth-order valence-electron chi connectivity index (χ4n) is 2.29. The Labute approximate surface area is 95.2 Å². The summed E-state index contributed by atoms with van der Waals surface area (Å²) in [7, 11) is 0. The number of carbonyl (C=O) groups excluding carboxylic acids is 2. The molecule has 0 saturated carbocycles. The largest absolute Gasteiger partial charge is 0.345 e. The maximum atomic E-state index is 12.2. The van der Waals surface area contributed by atoms with E-state index in [4.69, 9.17) is 0 Å². The molecule has 0 aromatic carbocycles. The monoisotopic (exact) mass is 230 g/mol. The van der Waals surface area contributed by atoms with Crippen LogP contribution in [0, 0.1) is 0 Å². The third kappa shape index (κ3) is 2.03. The number of rotatable bonds is 5. The molecule has 0 aromatic rings. The van der Waals surface area contributed by atoms with Gasteiger partial charge in [-0.2, -0.15) is 0 Å². The standard InChI is InChI=1S/C11H19FN2O2/c1-3-11(4-2)10(16)13-8-9(15)14(11)7-5-6-12/h3-8H2,1-2H3,(H,13,16). The van der Waals surface area contributed by atoms with Crippen LogP contribution in [0.1, 0.15) is 33.1 Å². The quantitative estimate of drug-likeness (QED) is 0.761. The van der Waals surface area contributed by atoms with Gasteiger partial charge in [-0.1, -0.05) is 13.8 Å². The Kier molecular flexibility index (Phi) is 4.26. The molecule has 0 aromatic heterocycles. The summed E-state index contributed by atoms with van der Waals surface area (Å²) in [6.07, 6.45) is 1.42. The van der Waals surface area contributed by atoms with Crippen molar-refractivity contribution in [3.63, 3.8) is 0 Å². The van der Waals surface area contributed by atoms with E-state index < -0.39 is 12.2 Å². The Hall–Kier alpha value is -1.13. The normalized spacial score (nSPS) is 19.8. The van der Waals surface area contributed by atoms with Crippen LogP contribution >= 0.6 is 0 Å². The van der Waals surface area contributed by atoms with Gasteiger partial charge in [-0.25, -0.2) is 0 Å². The number of carbonyl (C=O) groups is 2. The number of piperazine rings is 1. The molecule has 16 heavy (non-hydrogen) atoms. The highest BCUT2D eigenvalue weighted by Gasteiger charge is 2.46. The molecule has 1 fully saturated rings. The topological polar surface area (TPSA) is 49.4 Å². The van der Waals surface area contributed by atoms with Gasteiger partial charge >= 0.3 is 0 Å². The van der Waals surface area contributed by atoms with Crippen molar-refractivity contribution < 1.29 is 14.0 Å². The SMILES string of the molecule is CCC1(CC)C(=O)NCC(=O)N1CCCF. The second-order valence-corrected chi connectivity index (χ2v) is 4.01. The summed E-state index contributed by atoms with van der Waals surface area (Å²) in [5.41, 5.74) is -0.773. The summed E-state index contributed by atoms with van der Waals surface area (Å²) in [6.45, 7) is 3.65. The molecule has 0 atom stereocenters. The van der Waals surface area contributed by atoms with E-state index in [1.165, 1.54) is 0 Å². The van der Waals surface area contributed by atoms with Crippen molar-refractivity contribution in [2.24, 2.45) is 0 Å². The smallest absolute Gasteiger partial charge is 0.246 e. The molecule has 0 aliphatic carbocycles. The zero-order valence-electron chi connectivity index (χ0n) is 9.88. The van der Waals surface area contributed by atoms with Crippen LogP contribution in [0.15, 0.2) is 0 Å². The Morgan fingerprint density at radius 3 is 2.50 bits per heavy atom. The highest BCUT2D eigenvalue weighted by molar-refractivity contribution is 5.97. The molecule has 0 spiro atoms. The molecular formula is C11H19FN2O2. The molecular weight excluding hydrogens is 211 g/mol. The molecule has 0 bridgehead atoms. The van der Waals surface area contributed by atoms with Crippen LogP contribution in [0.5, 0.6) is 0 Å². The molecule has 1 heterocycles. The number of nitrogens with one attached hydrogen (secondary N) is 1. The van der Waals surface area contributed by atoms with E-state index in [0.717, 1.165) is 0 Å². The van der Waals surface area contributed by atoms with Crippen molar-refractivity contribution in [3.8, 4) is 0 Å². The van der Waals surface area contributed by atoms with Crippen molar-refractivity contribution in [1.82, 2.24) is 10.2 Å². The first-order chi connectivity index (χ1) is 7.62. The zero-order valence-corrected chi connectivity index (χ0v) is 9.88. The summed E-state index contributed by atoms with van der Waals surface area (Å²) >= 11 is 0. The van der Waals surface area contributed by atoms with Gasteiger partial charge < -0.3 is 10.2 Å². The first-order valence-corrected chi connectivity index (χ1v) is 5.77. The predicted molar refractivity (Wildman–Crippen MR) is 58.6 cm³/mol. The minimum absolute atomic E-state index is 0.0346. The fourth-order valence-corrected chi connectivity index (χ4v) is 2.29. The minimum Gasteiger partial charge on any atom is -0.345 e. The van der Waals surface area contributed by atoms with Crippen molar-refractivity contribution in [2.45, 2.75) is 38.6 Å². The van der Waals surface area contributed by atoms with E-state index in [1.54, 1.807) is 4.90 Å². The summed E-state index contributed by atoms with van der Waals surface area (Å²) in [4.78, 5) is 25.2. The fraction of sp³-hybridized carbons (Fsp3) is 0.818. The molecule has 1 rings (SSSR count). The molecule has 1 saturated heterocycles. The molecule has 1 N–H and O–H groups in total. The van der Waals surface area contributed by atoms with Crippen LogP contribution in [0.2, 0.25) is 0 Å². The minimum atomic E-state index is -0.773. The lowest BCUT2D eigenvalue weighted by Gasteiger charge is -2.45. The van der Waals surface area contributed by atoms with Crippen molar-refractivity contribution >= 4 is 11.8 Å². The second kappa shape index (κ2) is 5.27. The van der Waals surface area contributed by atoms with Crippen LogP contribution in [0.4, 0.5) is 4.39 Å². The molecule has 0 unspecified atom stereocenters. The Morgan fingerprint density at radius 1 is 1.38 bits per heavy atom. The molecule has 4 nitrogen and oxygen atoms in total. The molecule has 0 radical (unpaired) electrons. The van der Waals surface area contributed by atoms with Crippen LogP contribution in [-0.2, 0) is 9.59 Å². The average Bonchev–Trinajstić information content (AvgIpc) is 2.30. The van der Waals surface area contributed by atoms with E-state index in [2.05, 4.69) is 5.32 Å². The Bertz CT molecular complexity index is 277. The van der Waals surface area contributed by atoms with E-state index >= 15 is 0 Å². The lowest BCUT2D eigenvalue weighted by Crippen LogP contribution is -2.66. The maximum Gasteiger partial charge on any atom is 0.246 e. The summed E-state index contributed by atoms with van der Waals surface area (Å²) in [5.74, 6) is -0.229. The number of hydrogen-bond acceptors (Lipinski definition) is 2. The van der Waals surface area contributed by atoms with Crippen molar-refractivity contribution in [1.29, 1.82) is 0 Å². The van der Waals surface area contributed by atoms with Gasteiger partial charge in [-0.15, -0.1) is 0 Å². The highest BCUT2D eigenvalue weighted by Crippen LogP contribution is 2.27. The van der Waals surface area contributed by atoms with Gasteiger partial charge in [0.05, 0.1) is 13.2 Å². The third-order valence-electron chi connectivity index (χ3n) is 3.33. The van der Waals surface area contributed by atoms with Crippen molar-refractivity contribution in [3.05, 3.63) is 0 Å². The summed E-state index contributed by atoms with van der Waals surface area (Å²) in [6, 6.07) is 0. The zero-order chi connectivity index (χ0) is 12.2. The van der Waals surface area contributed by atoms with Crippen LogP contribution < -0.4 is 5.32 Å². The van der Waals surface area contributed by atoms with E-state index in [-0.39, 0.29) is 18.4 Å².